The topological polar surface area (TPSA) is 76.9 Å². The second-order valence-electron chi connectivity index (χ2n) is 4.32. The Morgan fingerprint density at radius 1 is 1.42 bits per heavy atom. The van der Waals surface area contributed by atoms with Crippen LogP contribution in [0.3, 0.4) is 0 Å². The summed E-state index contributed by atoms with van der Waals surface area (Å²) in [5.41, 5.74) is 7.03. The molecule has 0 aliphatic heterocycles. The lowest BCUT2D eigenvalue weighted by atomic mass is 9.99. The SMILES string of the molecule is COc1ccccc1C(C(C)N)n1ccnc1C#N. The lowest BCUT2D eigenvalue weighted by Crippen LogP contribution is -2.31. The fraction of sp³-hybridized carbons (Fsp3) is 0.286. The summed E-state index contributed by atoms with van der Waals surface area (Å²) in [4.78, 5) is 4.02. The first-order valence-corrected chi connectivity index (χ1v) is 6.00. The molecule has 0 spiro atoms. The van der Waals surface area contributed by atoms with Gasteiger partial charge in [0, 0.05) is 24.0 Å². The molecule has 0 fully saturated rings. The smallest absolute Gasteiger partial charge is 0.213 e. The van der Waals surface area contributed by atoms with Crippen molar-refractivity contribution in [3.05, 3.63) is 48.0 Å². The molecule has 0 amide bonds. The van der Waals surface area contributed by atoms with Crippen LogP contribution in [-0.4, -0.2) is 22.7 Å². The molecule has 0 bridgehead atoms. The van der Waals surface area contributed by atoms with Gasteiger partial charge in [-0.05, 0) is 13.0 Å². The molecule has 2 atom stereocenters. The zero-order valence-corrected chi connectivity index (χ0v) is 10.9. The number of hydrogen-bond acceptors (Lipinski definition) is 4. The van der Waals surface area contributed by atoms with E-state index in [0.717, 1.165) is 11.3 Å². The average Bonchev–Trinajstić information content (AvgIpc) is 2.87. The molecule has 0 aliphatic carbocycles. The molecule has 2 aromatic rings. The van der Waals surface area contributed by atoms with Crippen LogP contribution in [-0.2, 0) is 0 Å². The Kier molecular flexibility index (Phi) is 3.83. The number of hydrogen-bond donors (Lipinski definition) is 1. The molecule has 0 radical (unpaired) electrons. The summed E-state index contributed by atoms with van der Waals surface area (Å²) in [5, 5.41) is 9.11. The molecule has 19 heavy (non-hydrogen) atoms. The summed E-state index contributed by atoms with van der Waals surface area (Å²) >= 11 is 0. The van der Waals surface area contributed by atoms with Crippen molar-refractivity contribution in [3.8, 4) is 11.8 Å². The highest BCUT2D eigenvalue weighted by atomic mass is 16.5. The van der Waals surface area contributed by atoms with E-state index in [9.17, 15) is 0 Å². The largest absolute Gasteiger partial charge is 0.496 e. The number of para-hydroxylation sites is 1. The van der Waals surface area contributed by atoms with Crippen molar-refractivity contribution in [1.82, 2.24) is 9.55 Å². The highest BCUT2D eigenvalue weighted by Crippen LogP contribution is 2.30. The molecule has 2 N–H and O–H groups in total. The minimum Gasteiger partial charge on any atom is -0.496 e. The van der Waals surface area contributed by atoms with Gasteiger partial charge in [0.25, 0.3) is 0 Å². The van der Waals surface area contributed by atoms with Crippen molar-refractivity contribution in [2.24, 2.45) is 5.73 Å². The molecule has 0 saturated heterocycles. The maximum Gasteiger partial charge on any atom is 0.213 e. The number of nitriles is 1. The monoisotopic (exact) mass is 256 g/mol. The van der Waals surface area contributed by atoms with Gasteiger partial charge in [-0.3, -0.25) is 0 Å². The first-order valence-electron chi connectivity index (χ1n) is 6.00. The van der Waals surface area contributed by atoms with E-state index < -0.39 is 0 Å². The van der Waals surface area contributed by atoms with Gasteiger partial charge in [-0.2, -0.15) is 5.26 Å². The van der Waals surface area contributed by atoms with Crippen LogP contribution in [0.1, 0.15) is 24.4 Å². The third-order valence-corrected chi connectivity index (χ3v) is 3.02. The molecule has 0 saturated carbocycles. The number of methoxy groups -OCH3 is 1. The number of benzene rings is 1. The van der Waals surface area contributed by atoms with Gasteiger partial charge in [-0.25, -0.2) is 4.98 Å². The number of ether oxygens (including phenoxy) is 1. The molecule has 98 valence electrons. The Morgan fingerprint density at radius 2 is 2.16 bits per heavy atom. The summed E-state index contributed by atoms with van der Waals surface area (Å²) in [6, 6.07) is 9.37. The Balaban J connectivity index is 2.56. The number of nitrogens with two attached hydrogens (primary N) is 1. The van der Waals surface area contributed by atoms with E-state index in [1.807, 2.05) is 31.2 Å². The molecule has 2 unspecified atom stereocenters. The van der Waals surface area contributed by atoms with Gasteiger partial charge in [0.2, 0.25) is 5.82 Å². The predicted molar refractivity (Wildman–Crippen MR) is 71.7 cm³/mol. The predicted octanol–water partition coefficient (Wildman–Crippen LogP) is 1.70. The second-order valence-corrected chi connectivity index (χ2v) is 4.32. The van der Waals surface area contributed by atoms with Gasteiger partial charge in [-0.15, -0.1) is 0 Å². The van der Waals surface area contributed by atoms with Crippen LogP contribution in [0.5, 0.6) is 5.75 Å². The average molecular weight is 256 g/mol. The van der Waals surface area contributed by atoms with Crippen LogP contribution in [0.25, 0.3) is 0 Å². The number of imidazole rings is 1. The van der Waals surface area contributed by atoms with Crippen molar-refractivity contribution < 1.29 is 4.74 Å². The van der Waals surface area contributed by atoms with Crippen molar-refractivity contribution in [2.45, 2.75) is 19.0 Å². The molecule has 1 heterocycles. The van der Waals surface area contributed by atoms with Crippen LogP contribution in [0.15, 0.2) is 36.7 Å². The first-order chi connectivity index (χ1) is 9.19. The Bertz CT molecular complexity index is 597. The maximum atomic E-state index is 9.11. The zero-order valence-electron chi connectivity index (χ0n) is 10.9. The summed E-state index contributed by atoms with van der Waals surface area (Å²) in [5.74, 6) is 1.09. The van der Waals surface area contributed by atoms with E-state index in [2.05, 4.69) is 11.1 Å². The molecule has 1 aromatic heterocycles. The van der Waals surface area contributed by atoms with Crippen molar-refractivity contribution >= 4 is 0 Å². The number of rotatable bonds is 4. The van der Waals surface area contributed by atoms with Gasteiger partial charge < -0.3 is 15.0 Å². The molecular weight excluding hydrogens is 240 g/mol. The Morgan fingerprint density at radius 3 is 2.79 bits per heavy atom. The highest BCUT2D eigenvalue weighted by molar-refractivity contribution is 5.38. The van der Waals surface area contributed by atoms with E-state index in [1.54, 1.807) is 24.1 Å². The van der Waals surface area contributed by atoms with Gasteiger partial charge in [0.1, 0.15) is 11.8 Å². The van der Waals surface area contributed by atoms with E-state index in [1.165, 1.54) is 0 Å². The van der Waals surface area contributed by atoms with Gasteiger partial charge in [0.15, 0.2) is 0 Å². The summed E-state index contributed by atoms with van der Waals surface area (Å²) in [6.07, 6.45) is 3.36. The summed E-state index contributed by atoms with van der Waals surface area (Å²) < 4.78 is 7.16. The van der Waals surface area contributed by atoms with Crippen LogP contribution in [0.2, 0.25) is 0 Å². The van der Waals surface area contributed by atoms with Crippen molar-refractivity contribution in [2.75, 3.05) is 7.11 Å². The van der Waals surface area contributed by atoms with Crippen LogP contribution in [0.4, 0.5) is 0 Å². The van der Waals surface area contributed by atoms with Crippen LogP contribution in [0, 0.1) is 11.3 Å². The Labute approximate surface area is 112 Å². The van der Waals surface area contributed by atoms with E-state index in [0.29, 0.717) is 5.82 Å². The standard InChI is InChI=1S/C14H16N4O/c1-10(16)14(18-8-7-17-13(18)9-15)11-5-3-4-6-12(11)19-2/h3-8,10,14H,16H2,1-2H3. The van der Waals surface area contributed by atoms with Crippen LogP contribution < -0.4 is 10.5 Å². The van der Waals surface area contributed by atoms with Crippen molar-refractivity contribution in [3.63, 3.8) is 0 Å². The molecule has 5 nitrogen and oxygen atoms in total. The fourth-order valence-corrected chi connectivity index (χ4v) is 2.22. The van der Waals surface area contributed by atoms with Gasteiger partial charge in [-0.1, -0.05) is 18.2 Å². The number of aromatic nitrogens is 2. The summed E-state index contributed by atoms with van der Waals surface area (Å²) in [7, 11) is 1.62. The molecule has 2 rings (SSSR count). The first kappa shape index (κ1) is 13.1. The quantitative estimate of drug-likeness (QED) is 0.903. The van der Waals surface area contributed by atoms with Crippen LogP contribution >= 0.6 is 0 Å². The molecular formula is C14H16N4O. The van der Waals surface area contributed by atoms with E-state index in [4.69, 9.17) is 15.7 Å². The molecule has 1 aromatic carbocycles. The molecule has 5 heteroatoms. The van der Waals surface area contributed by atoms with Crippen molar-refractivity contribution in [1.29, 1.82) is 5.26 Å². The third kappa shape index (κ3) is 2.44. The fourth-order valence-electron chi connectivity index (χ4n) is 2.22. The normalized spacial score (nSPS) is 13.6. The minimum atomic E-state index is -0.187. The third-order valence-electron chi connectivity index (χ3n) is 3.02. The number of nitrogens with zero attached hydrogens (tertiary/aromatic N) is 3. The van der Waals surface area contributed by atoms with Gasteiger partial charge in [0.05, 0.1) is 13.2 Å². The lowest BCUT2D eigenvalue weighted by Gasteiger charge is -2.25. The second kappa shape index (κ2) is 5.55. The van der Waals surface area contributed by atoms with Gasteiger partial charge >= 0.3 is 0 Å². The summed E-state index contributed by atoms with van der Waals surface area (Å²) in [6.45, 7) is 1.90. The Hall–Kier alpha value is -2.32. The lowest BCUT2D eigenvalue weighted by molar-refractivity contribution is 0.392. The van der Waals surface area contributed by atoms with E-state index >= 15 is 0 Å². The highest BCUT2D eigenvalue weighted by Gasteiger charge is 2.23. The van der Waals surface area contributed by atoms with E-state index in [-0.39, 0.29) is 12.1 Å². The minimum absolute atomic E-state index is 0.183. The zero-order chi connectivity index (χ0) is 13.8. The molecule has 0 aliphatic rings. The maximum absolute atomic E-state index is 9.11.